The number of alkyl halides is 1. The number of hydrogen-bond donors (Lipinski definition) is 2. The topological polar surface area (TPSA) is 90.0 Å². The third-order valence-electron chi connectivity index (χ3n) is 7.66. The Labute approximate surface area is 159 Å². The largest absolute Gasteiger partial charge is 0.391 e. The number of carbonyl (C=O) groups excluding carboxylic acids is 1. The zero-order valence-electron chi connectivity index (χ0n) is 15.4. The molecule has 5 aliphatic rings. The Bertz CT molecular complexity index is 735. The lowest BCUT2D eigenvalue weighted by molar-refractivity contribution is -0.120. The summed E-state index contributed by atoms with van der Waals surface area (Å²) in [5, 5.41) is 10.5. The summed E-state index contributed by atoms with van der Waals surface area (Å²) in [5.41, 5.74) is 0.662. The van der Waals surface area contributed by atoms with Crippen molar-refractivity contribution in [3.05, 3.63) is 0 Å². The number of carbonyl (C=O) groups is 1. The first kappa shape index (κ1) is 18.3. The van der Waals surface area contributed by atoms with Gasteiger partial charge in [-0.2, -0.15) is 12.7 Å². The van der Waals surface area contributed by atoms with Crippen LogP contribution in [0.3, 0.4) is 0 Å². The summed E-state index contributed by atoms with van der Waals surface area (Å²) in [6.07, 6.45) is 4.06. The van der Waals surface area contributed by atoms with Gasteiger partial charge < -0.3 is 10.0 Å². The minimum absolute atomic E-state index is 0.0765. The van der Waals surface area contributed by atoms with Crippen molar-refractivity contribution in [1.29, 1.82) is 0 Å². The van der Waals surface area contributed by atoms with Gasteiger partial charge in [0.15, 0.2) is 0 Å². The molecule has 3 aliphatic carbocycles. The summed E-state index contributed by atoms with van der Waals surface area (Å²) < 4.78 is 42.5. The van der Waals surface area contributed by atoms with Crippen molar-refractivity contribution >= 4 is 16.1 Å². The lowest BCUT2D eigenvalue weighted by atomic mass is 9.69. The smallest absolute Gasteiger partial charge is 0.304 e. The highest BCUT2D eigenvalue weighted by atomic mass is 32.2. The number of fused-ring (bicyclic) bond motifs is 1. The Morgan fingerprint density at radius 3 is 2.67 bits per heavy atom. The van der Waals surface area contributed by atoms with Gasteiger partial charge in [-0.05, 0) is 62.3 Å². The Kier molecular flexibility index (Phi) is 4.14. The predicted molar refractivity (Wildman–Crippen MR) is 95.5 cm³/mol. The Morgan fingerprint density at radius 1 is 1.30 bits per heavy atom. The molecule has 3 saturated carbocycles. The molecule has 27 heavy (non-hydrogen) atoms. The van der Waals surface area contributed by atoms with Gasteiger partial charge in [-0.15, -0.1) is 0 Å². The molecule has 9 heteroatoms. The molecule has 5 rings (SSSR count). The van der Waals surface area contributed by atoms with Gasteiger partial charge in [0, 0.05) is 19.0 Å². The number of halogens is 1. The first-order chi connectivity index (χ1) is 12.8. The molecular formula is C18H28FN3O4S. The maximum Gasteiger partial charge on any atom is 0.304 e. The summed E-state index contributed by atoms with van der Waals surface area (Å²) >= 11 is 0. The molecule has 2 heterocycles. The molecule has 1 amide bonds. The number of aliphatic hydroxyl groups excluding tert-OH is 1. The quantitative estimate of drug-likeness (QED) is 0.708. The fourth-order valence-electron chi connectivity index (χ4n) is 6.16. The van der Waals surface area contributed by atoms with E-state index in [0.29, 0.717) is 24.3 Å². The molecular weight excluding hydrogens is 373 g/mol. The summed E-state index contributed by atoms with van der Waals surface area (Å²) in [5.74, 6) is -0.158. The number of likely N-dealkylation sites (tertiary alicyclic amines) is 1. The van der Waals surface area contributed by atoms with Crippen LogP contribution < -0.4 is 4.72 Å². The average molecular weight is 402 g/mol. The van der Waals surface area contributed by atoms with Crippen LogP contribution in [-0.4, -0.2) is 73.1 Å². The highest BCUT2D eigenvalue weighted by Gasteiger charge is 2.55. The van der Waals surface area contributed by atoms with Crippen molar-refractivity contribution < 1.29 is 22.7 Å². The summed E-state index contributed by atoms with van der Waals surface area (Å²) in [7, 11) is -4.05. The Balaban J connectivity index is 1.27. The predicted octanol–water partition coefficient (Wildman–Crippen LogP) is 0.263. The van der Waals surface area contributed by atoms with Crippen molar-refractivity contribution in [3.8, 4) is 0 Å². The minimum Gasteiger partial charge on any atom is -0.391 e. The highest BCUT2D eigenvalue weighted by Crippen LogP contribution is 2.63. The lowest BCUT2D eigenvalue weighted by Crippen LogP contribution is -2.61. The van der Waals surface area contributed by atoms with Crippen LogP contribution in [0, 0.1) is 23.2 Å². The molecule has 0 radical (unpaired) electrons. The van der Waals surface area contributed by atoms with E-state index in [2.05, 4.69) is 4.90 Å². The molecule has 5 atom stereocenters. The van der Waals surface area contributed by atoms with Crippen LogP contribution >= 0.6 is 0 Å². The van der Waals surface area contributed by atoms with Crippen LogP contribution in [0.5, 0.6) is 0 Å². The van der Waals surface area contributed by atoms with E-state index in [-0.39, 0.29) is 11.8 Å². The number of nitrogens with one attached hydrogen (secondary N) is 1. The van der Waals surface area contributed by atoms with E-state index in [1.807, 2.05) is 4.72 Å². The Hall–Kier alpha value is -0.770. The minimum atomic E-state index is -4.05. The van der Waals surface area contributed by atoms with Gasteiger partial charge in [0.2, 0.25) is 5.91 Å². The lowest BCUT2D eigenvalue weighted by Gasteiger charge is -2.50. The first-order valence-electron chi connectivity index (χ1n) is 10.1. The third kappa shape index (κ3) is 3.10. The fourth-order valence-corrected chi connectivity index (χ4v) is 7.49. The molecule has 0 aromatic heterocycles. The number of aliphatic hydroxyl groups is 1. The van der Waals surface area contributed by atoms with Crippen LogP contribution in [0.1, 0.15) is 38.5 Å². The molecule has 0 aromatic carbocycles. The maximum atomic E-state index is 15.5. The number of rotatable bonds is 3. The van der Waals surface area contributed by atoms with Crippen LogP contribution in [0.4, 0.5) is 4.39 Å². The molecule has 5 unspecified atom stereocenters. The molecule has 152 valence electrons. The molecule has 1 spiro atoms. The number of hydrogen-bond acceptors (Lipinski definition) is 5. The highest BCUT2D eigenvalue weighted by molar-refractivity contribution is 7.88. The van der Waals surface area contributed by atoms with Crippen molar-refractivity contribution in [2.24, 2.45) is 23.2 Å². The van der Waals surface area contributed by atoms with Gasteiger partial charge in [-0.25, -0.2) is 9.11 Å². The van der Waals surface area contributed by atoms with Gasteiger partial charge in [-0.1, -0.05) is 0 Å². The first-order valence-corrected chi connectivity index (χ1v) is 11.6. The summed E-state index contributed by atoms with van der Waals surface area (Å²) in [6.45, 7) is 2.15. The second kappa shape index (κ2) is 6.11. The van der Waals surface area contributed by atoms with Crippen molar-refractivity contribution in [1.82, 2.24) is 13.9 Å². The standard InChI is InChI=1S/C18H28FN3O4S/c19-16-13-9-21(8-11-6-18(7-11)2-3-18)4-1-12(13)5-14(23)17(16)22-10-15(24)20-27(22,25)26/h11-14,16-17,23H,1-10H2,(H,20,24). The van der Waals surface area contributed by atoms with Crippen molar-refractivity contribution in [2.75, 3.05) is 26.2 Å². The van der Waals surface area contributed by atoms with Gasteiger partial charge in [0.05, 0.1) is 18.7 Å². The molecule has 0 aromatic rings. The second-order valence-corrected chi connectivity index (χ2v) is 11.2. The zero-order valence-corrected chi connectivity index (χ0v) is 16.2. The van der Waals surface area contributed by atoms with Crippen LogP contribution in [0.15, 0.2) is 0 Å². The normalized spacial score (nSPS) is 43.9. The maximum absolute atomic E-state index is 15.5. The van der Waals surface area contributed by atoms with Crippen LogP contribution in [0.2, 0.25) is 0 Å². The number of piperidine rings is 1. The van der Waals surface area contributed by atoms with E-state index in [1.165, 1.54) is 25.7 Å². The molecule has 0 bridgehead atoms. The number of nitrogens with zero attached hydrogens (tertiary/aromatic N) is 2. The molecule has 2 aliphatic heterocycles. The van der Waals surface area contributed by atoms with E-state index >= 15 is 4.39 Å². The second-order valence-electron chi connectivity index (χ2n) is 9.56. The number of amides is 1. The van der Waals surface area contributed by atoms with Crippen LogP contribution in [0.25, 0.3) is 0 Å². The van der Waals surface area contributed by atoms with E-state index in [9.17, 15) is 18.3 Å². The van der Waals surface area contributed by atoms with E-state index in [1.54, 1.807) is 0 Å². The van der Waals surface area contributed by atoms with Crippen molar-refractivity contribution in [3.63, 3.8) is 0 Å². The summed E-state index contributed by atoms with van der Waals surface area (Å²) in [4.78, 5) is 13.9. The van der Waals surface area contributed by atoms with Gasteiger partial charge in [0.25, 0.3) is 0 Å². The van der Waals surface area contributed by atoms with Gasteiger partial charge in [-0.3, -0.25) is 4.79 Å². The molecule has 5 fully saturated rings. The van der Waals surface area contributed by atoms with Gasteiger partial charge >= 0.3 is 10.2 Å². The average Bonchev–Trinajstić information content (AvgIpc) is 3.29. The fraction of sp³-hybridized carbons (Fsp3) is 0.944. The molecule has 2 saturated heterocycles. The van der Waals surface area contributed by atoms with E-state index < -0.39 is 41.0 Å². The van der Waals surface area contributed by atoms with Crippen molar-refractivity contribution in [2.45, 2.75) is 56.8 Å². The SMILES string of the molecule is O=C1CN(C2C(O)CC3CCN(CC4CC5(CC5)C4)CC3C2F)S(=O)(=O)N1. The van der Waals surface area contributed by atoms with Crippen LogP contribution in [-0.2, 0) is 15.0 Å². The van der Waals surface area contributed by atoms with Gasteiger partial charge in [0.1, 0.15) is 6.17 Å². The molecule has 7 nitrogen and oxygen atoms in total. The monoisotopic (exact) mass is 401 g/mol. The van der Waals surface area contributed by atoms with E-state index in [0.717, 1.165) is 23.8 Å². The Morgan fingerprint density at radius 2 is 2.04 bits per heavy atom. The third-order valence-corrected chi connectivity index (χ3v) is 9.14. The summed E-state index contributed by atoms with van der Waals surface area (Å²) in [6, 6.07) is -1.17. The molecule has 2 N–H and O–H groups in total. The zero-order chi connectivity index (χ0) is 19.0. The van der Waals surface area contributed by atoms with E-state index in [4.69, 9.17) is 0 Å².